The highest BCUT2D eigenvalue weighted by molar-refractivity contribution is 7.99. The van der Waals surface area contributed by atoms with Crippen LogP contribution in [0.4, 0.5) is 5.69 Å². The predicted molar refractivity (Wildman–Crippen MR) is 124 cm³/mol. The molecule has 172 valence electrons. The highest BCUT2D eigenvalue weighted by atomic mass is 32.2. The topological polar surface area (TPSA) is 138 Å². The first-order valence-corrected chi connectivity index (χ1v) is 11.6. The van der Waals surface area contributed by atoms with Crippen molar-refractivity contribution in [2.24, 2.45) is 0 Å². The van der Waals surface area contributed by atoms with Crippen LogP contribution in [0.3, 0.4) is 0 Å². The van der Waals surface area contributed by atoms with Crippen LogP contribution >= 0.6 is 11.8 Å². The molecule has 4 aromatic rings. The molecule has 4 aromatic heterocycles. The van der Waals surface area contributed by atoms with Gasteiger partial charge in [-0.2, -0.15) is 0 Å². The zero-order valence-corrected chi connectivity index (χ0v) is 18.9. The summed E-state index contributed by atoms with van der Waals surface area (Å²) in [5.74, 6) is -0.316. The Balaban J connectivity index is 1.38. The van der Waals surface area contributed by atoms with Crippen LogP contribution in [0.2, 0.25) is 0 Å². The van der Waals surface area contributed by atoms with Gasteiger partial charge in [-0.05, 0) is 43.0 Å². The van der Waals surface area contributed by atoms with Gasteiger partial charge in [0.25, 0.3) is 0 Å². The molecule has 0 saturated carbocycles. The van der Waals surface area contributed by atoms with E-state index in [1.54, 1.807) is 19.3 Å². The van der Waals surface area contributed by atoms with Crippen molar-refractivity contribution in [3.63, 3.8) is 0 Å². The van der Waals surface area contributed by atoms with Crippen LogP contribution in [0.25, 0.3) is 11.2 Å². The van der Waals surface area contributed by atoms with Crippen LogP contribution in [0, 0.1) is 0 Å². The third kappa shape index (κ3) is 3.40. The van der Waals surface area contributed by atoms with Gasteiger partial charge in [0, 0.05) is 35.8 Å². The Labute approximate surface area is 197 Å². The highest BCUT2D eigenvalue weighted by Gasteiger charge is 2.39. The molecule has 2 aliphatic heterocycles. The van der Waals surface area contributed by atoms with Crippen molar-refractivity contribution in [3.05, 3.63) is 64.9 Å². The van der Waals surface area contributed by atoms with Gasteiger partial charge < -0.3 is 29.8 Å². The summed E-state index contributed by atoms with van der Waals surface area (Å²) in [4.78, 5) is 40.4. The maximum Gasteiger partial charge on any atom is 0.356 e. The number of aromatic nitrogens is 4. The van der Waals surface area contributed by atoms with E-state index in [4.69, 9.17) is 9.15 Å². The van der Waals surface area contributed by atoms with Gasteiger partial charge in [0.05, 0.1) is 30.3 Å². The minimum absolute atomic E-state index is 0.0164. The second kappa shape index (κ2) is 8.19. The predicted octanol–water partition coefficient (Wildman–Crippen LogP) is 3.19. The summed E-state index contributed by atoms with van der Waals surface area (Å²) in [5.41, 5.74) is 4.53. The number of rotatable bonds is 5. The van der Waals surface area contributed by atoms with Gasteiger partial charge in [0.2, 0.25) is 0 Å². The Kier molecular flexibility index (Phi) is 5.00. The molecular formula is C23H20N6O4S. The Hall–Kier alpha value is -3.83. The number of nitrogens with zero attached hydrogens (tertiary/aromatic N) is 2. The standard InChI is InChI=1S/C23H20N6O4S/c1-2-32-22(31)20-19-11(8-26-20)17(18-13(27-19)9-24-10-14(18)30)15-5-6-16(33-15)34-23-28-12-4-3-7-25-21(12)29-23/h3-8,17,24,26-27H,2,9-10H2,1H3,(H,25,28,29). The number of H-pyrrole nitrogens is 2. The Morgan fingerprint density at radius 1 is 1.29 bits per heavy atom. The number of nitrogens with one attached hydrogen (secondary N) is 4. The van der Waals surface area contributed by atoms with Gasteiger partial charge in [0.15, 0.2) is 21.7 Å². The van der Waals surface area contributed by atoms with Gasteiger partial charge in [0.1, 0.15) is 11.5 Å². The van der Waals surface area contributed by atoms with Crippen molar-refractivity contribution in [1.29, 1.82) is 0 Å². The number of imidazole rings is 1. The second-order valence-corrected chi connectivity index (χ2v) is 8.86. The van der Waals surface area contributed by atoms with E-state index < -0.39 is 11.9 Å². The third-order valence-corrected chi connectivity index (χ3v) is 6.61. The molecule has 6 heterocycles. The minimum Gasteiger partial charge on any atom is -0.461 e. The van der Waals surface area contributed by atoms with Gasteiger partial charge in [-0.25, -0.2) is 14.8 Å². The van der Waals surface area contributed by atoms with E-state index in [1.165, 1.54) is 11.8 Å². The molecule has 6 rings (SSSR count). The summed E-state index contributed by atoms with van der Waals surface area (Å²) in [6, 6.07) is 7.47. The van der Waals surface area contributed by atoms with Crippen LogP contribution in [-0.2, 0) is 9.53 Å². The normalized spacial score (nSPS) is 17.4. The van der Waals surface area contributed by atoms with Crippen molar-refractivity contribution < 1.29 is 18.7 Å². The number of Topliss-reactive ketones (excluding diaryl/α,β-unsaturated/α-hetero) is 1. The van der Waals surface area contributed by atoms with E-state index in [9.17, 15) is 9.59 Å². The minimum atomic E-state index is -0.455. The summed E-state index contributed by atoms with van der Waals surface area (Å²) >= 11 is 1.34. The number of ketones is 1. The molecule has 2 aliphatic rings. The first kappa shape index (κ1) is 20.8. The molecule has 0 fully saturated rings. The first-order valence-electron chi connectivity index (χ1n) is 10.8. The molecule has 0 bridgehead atoms. The molecular weight excluding hydrogens is 456 g/mol. The Morgan fingerprint density at radius 2 is 2.21 bits per heavy atom. The zero-order chi connectivity index (χ0) is 23.2. The lowest BCUT2D eigenvalue weighted by Crippen LogP contribution is -2.39. The van der Waals surface area contributed by atoms with Crippen molar-refractivity contribution in [3.8, 4) is 0 Å². The number of hydrogen-bond acceptors (Lipinski definition) is 9. The summed E-state index contributed by atoms with van der Waals surface area (Å²) in [6.07, 6.45) is 3.43. The van der Waals surface area contributed by atoms with Crippen LogP contribution < -0.4 is 10.6 Å². The number of carbonyl (C=O) groups is 2. The van der Waals surface area contributed by atoms with Gasteiger partial charge in [-0.1, -0.05) is 0 Å². The molecule has 4 N–H and O–H groups in total. The fourth-order valence-electron chi connectivity index (χ4n) is 4.38. The third-order valence-electron chi connectivity index (χ3n) is 5.80. The van der Waals surface area contributed by atoms with Gasteiger partial charge in [-0.15, -0.1) is 0 Å². The second-order valence-electron chi connectivity index (χ2n) is 7.87. The Morgan fingerprint density at radius 3 is 3.06 bits per heavy atom. The van der Waals surface area contributed by atoms with E-state index in [-0.39, 0.29) is 18.9 Å². The number of carbonyl (C=O) groups excluding carboxylic acids is 2. The first-order chi connectivity index (χ1) is 16.6. The highest BCUT2D eigenvalue weighted by Crippen LogP contribution is 2.45. The van der Waals surface area contributed by atoms with E-state index in [1.807, 2.05) is 24.3 Å². The fraction of sp³-hybridized carbons (Fsp3) is 0.217. The smallest absolute Gasteiger partial charge is 0.356 e. The van der Waals surface area contributed by atoms with Gasteiger partial charge >= 0.3 is 5.97 Å². The lowest BCUT2D eigenvalue weighted by atomic mass is 9.82. The van der Waals surface area contributed by atoms with E-state index in [0.717, 1.165) is 16.8 Å². The van der Waals surface area contributed by atoms with Crippen LogP contribution in [0.5, 0.6) is 0 Å². The summed E-state index contributed by atoms with van der Waals surface area (Å²) in [5, 5.41) is 7.66. The number of aromatic amines is 2. The van der Waals surface area contributed by atoms with Gasteiger partial charge in [-0.3, -0.25) is 4.79 Å². The lowest BCUT2D eigenvalue weighted by molar-refractivity contribution is -0.115. The van der Waals surface area contributed by atoms with Crippen molar-refractivity contribution >= 4 is 40.4 Å². The van der Waals surface area contributed by atoms with E-state index in [2.05, 4.69) is 30.6 Å². The maximum absolute atomic E-state index is 12.9. The van der Waals surface area contributed by atoms with Crippen molar-refractivity contribution in [2.75, 3.05) is 25.0 Å². The largest absolute Gasteiger partial charge is 0.461 e. The molecule has 0 radical (unpaired) electrons. The number of esters is 1. The fourth-order valence-corrected chi connectivity index (χ4v) is 5.14. The molecule has 34 heavy (non-hydrogen) atoms. The summed E-state index contributed by atoms with van der Waals surface area (Å²) in [7, 11) is 0. The summed E-state index contributed by atoms with van der Waals surface area (Å²) in [6.45, 7) is 2.75. The molecule has 1 unspecified atom stereocenters. The molecule has 11 heteroatoms. The van der Waals surface area contributed by atoms with Crippen molar-refractivity contribution in [1.82, 2.24) is 25.3 Å². The van der Waals surface area contributed by atoms with Crippen LogP contribution in [-0.4, -0.2) is 51.4 Å². The molecule has 10 nitrogen and oxygen atoms in total. The zero-order valence-electron chi connectivity index (χ0n) is 18.1. The quantitative estimate of drug-likeness (QED) is 0.320. The molecule has 0 saturated heterocycles. The molecule has 0 aromatic carbocycles. The number of anilines is 1. The average Bonchev–Trinajstić information content (AvgIpc) is 3.56. The Bertz CT molecular complexity index is 1430. The van der Waals surface area contributed by atoms with Crippen LogP contribution in [0.15, 0.2) is 62.6 Å². The molecule has 0 spiro atoms. The number of ether oxygens (including phenoxy) is 1. The number of furan rings is 1. The summed E-state index contributed by atoms with van der Waals surface area (Å²) < 4.78 is 11.4. The number of pyridine rings is 1. The molecule has 0 aliphatic carbocycles. The van der Waals surface area contributed by atoms with E-state index >= 15 is 0 Å². The molecule has 1 atom stereocenters. The van der Waals surface area contributed by atoms with Crippen molar-refractivity contribution in [2.45, 2.75) is 23.1 Å². The molecule has 0 amide bonds. The monoisotopic (exact) mass is 476 g/mol. The van der Waals surface area contributed by atoms with Crippen LogP contribution in [0.1, 0.15) is 34.7 Å². The number of fused-ring (bicyclic) bond motifs is 2. The maximum atomic E-state index is 12.9. The number of hydrogen-bond donors (Lipinski definition) is 4. The van der Waals surface area contributed by atoms with E-state index in [0.29, 0.717) is 45.2 Å². The average molecular weight is 477 g/mol. The lowest BCUT2D eigenvalue weighted by Gasteiger charge is -2.31. The SMILES string of the molecule is CCOC(=O)c1[nH]cc2c1NC1=C(C(=O)CNC1)C2c1ccc(Sc2nc3ncccc3[nH]2)o1.